The van der Waals surface area contributed by atoms with Crippen molar-refractivity contribution in [2.24, 2.45) is 10.9 Å². The number of nitrogens with one attached hydrogen (secondary N) is 1. The second kappa shape index (κ2) is 7.59. The molecule has 0 saturated carbocycles. The zero-order valence-corrected chi connectivity index (χ0v) is 16.3. The molecule has 1 N–H and O–H groups in total. The molecule has 0 radical (unpaired) electrons. The lowest BCUT2D eigenvalue weighted by atomic mass is 9.74. The van der Waals surface area contributed by atoms with Gasteiger partial charge in [0.1, 0.15) is 23.8 Å². The Morgan fingerprint density at radius 1 is 1.24 bits per heavy atom. The molecule has 5 nitrogen and oxygen atoms in total. The quantitative estimate of drug-likeness (QED) is 0.759. The van der Waals surface area contributed by atoms with Gasteiger partial charge in [-0.1, -0.05) is 43.0 Å². The van der Waals surface area contributed by atoms with E-state index in [1.807, 2.05) is 6.92 Å². The number of hydrogen-bond donors (Lipinski definition) is 1. The molecule has 0 bridgehead atoms. The number of cyclic esters (lactones) is 1. The standard InChI is InChI=1S/C21H18F2N2O3S/c1-12-16-10-18(26)28-11-21(16,15-8-7-14(22)9-17(15)23)25-20(29-12)24-19(27)13-5-3-2-4-6-13/h2-9,12,16H,10-11H2,1H3,(H,24,25,27)/t12-,16+,21-/m1/s1. The van der Waals surface area contributed by atoms with Crippen LogP contribution in [0.4, 0.5) is 8.78 Å². The molecule has 2 aromatic rings. The van der Waals surface area contributed by atoms with Gasteiger partial charge in [0.15, 0.2) is 5.17 Å². The van der Waals surface area contributed by atoms with Crippen LogP contribution in [-0.2, 0) is 15.1 Å². The van der Waals surface area contributed by atoms with Crippen LogP contribution in [0.15, 0.2) is 53.5 Å². The number of carbonyl (C=O) groups excluding carboxylic acids is 2. The maximum atomic E-state index is 14.7. The summed E-state index contributed by atoms with van der Waals surface area (Å²) in [6, 6.07) is 11.9. The first-order valence-electron chi connectivity index (χ1n) is 9.13. The average Bonchev–Trinajstić information content (AvgIpc) is 2.69. The van der Waals surface area contributed by atoms with Crippen LogP contribution in [0.3, 0.4) is 0 Å². The molecule has 2 aromatic carbocycles. The number of nitrogens with zero attached hydrogens (tertiary/aromatic N) is 1. The molecule has 0 aliphatic carbocycles. The van der Waals surface area contributed by atoms with Crippen molar-refractivity contribution in [2.45, 2.75) is 24.1 Å². The summed E-state index contributed by atoms with van der Waals surface area (Å²) in [4.78, 5) is 29.1. The van der Waals surface area contributed by atoms with Gasteiger partial charge in [0.05, 0.1) is 6.42 Å². The molecule has 0 aromatic heterocycles. The van der Waals surface area contributed by atoms with E-state index in [1.54, 1.807) is 30.3 Å². The molecule has 0 unspecified atom stereocenters. The monoisotopic (exact) mass is 416 g/mol. The van der Waals surface area contributed by atoms with E-state index in [0.29, 0.717) is 10.7 Å². The van der Waals surface area contributed by atoms with Gasteiger partial charge >= 0.3 is 5.97 Å². The number of ether oxygens (including phenoxy) is 1. The largest absolute Gasteiger partial charge is 0.463 e. The van der Waals surface area contributed by atoms with Crippen LogP contribution < -0.4 is 5.32 Å². The number of benzene rings is 2. The van der Waals surface area contributed by atoms with E-state index >= 15 is 0 Å². The Balaban J connectivity index is 1.76. The minimum absolute atomic E-state index is 0.0639. The molecule has 3 atom stereocenters. The number of amidine groups is 1. The van der Waals surface area contributed by atoms with Gasteiger partial charge in [-0.25, -0.2) is 13.8 Å². The van der Waals surface area contributed by atoms with Gasteiger partial charge in [-0.15, -0.1) is 0 Å². The Kier molecular flexibility index (Phi) is 5.12. The Hall–Kier alpha value is -2.74. The molecule has 8 heteroatoms. The molecular weight excluding hydrogens is 398 g/mol. The Morgan fingerprint density at radius 3 is 2.72 bits per heavy atom. The van der Waals surface area contributed by atoms with Crippen LogP contribution in [0.5, 0.6) is 0 Å². The summed E-state index contributed by atoms with van der Waals surface area (Å²) < 4.78 is 33.5. The summed E-state index contributed by atoms with van der Waals surface area (Å²) in [5.41, 5.74) is -0.618. The van der Waals surface area contributed by atoms with E-state index < -0.39 is 17.2 Å². The van der Waals surface area contributed by atoms with Gasteiger partial charge in [0.2, 0.25) is 0 Å². The van der Waals surface area contributed by atoms with Crippen molar-refractivity contribution < 1.29 is 23.1 Å². The SMILES string of the molecule is C[C@H]1SC(NC(=O)c2ccccc2)=N[C@@]2(c3ccc(F)cc3F)COC(=O)C[C@@H]12. The smallest absolute Gasteiger partial charge is 0.306 e. The fraction of sp³-hybridized carbons (Fsp3) is 0.286. The molecule has 1 amide bonds. The number of aliphatic imine (C=N–C) groups is 1. The molecule has 1 saturated heterocycles. The van der Waals surface area contributed by atoms with Crippen LogP contribution in [0, 0.1) is 17.6 Å². The lowest BCUT2D eigenvalue weighted by molar-refractivity contribution is -0.154. The maximum absolute atomic E-state index is 14.7. The van der Waals surface area contributed by atoms with Crippen LogP contribution in [0.2, 0.25) is 0 Å². The number of esters is 1. The average molecular weight is 416 g/mol. The van der Waals surface area contributed by atoms with Crippen molar-refractivity contribution >= 4 is 28.8 Å². The van der Waals surface area contributed by atoms with Crippen LogP contribution in [0.25, 0.3) is 0 Å². The second-order valence-corrected chi connectivity index (χ2v) is 8.45. The number of halogens is 2. The first-order chi connectivity index (χ1) is 13.9. The normalized spacial score (nSPS) is 26.2. The highest BCUT2D eigenvalue weighted by Crippen LogP contribution is 2.49. The van der Waals surface area contributed by atoms with E-state index in [1.165, 1.54) is 17.8 Å². The van der Waals surface area contributed by atoms with Crippen molar-refractivity contribution in [3.05, 3.63) is 71.3 Å². The highest BCUT2D eigenvalue weighted by molar-refractivity contribution is 8.14. The third-order valence-corrected chi connectivity index (χ3v) is 6.39. The molecule has 1 fully saturated rings. The number of thioether (sulfide) groups is 1. The van der Waals surface area contributed by atoms with Gasteiger partial charge in [-0.05, 0) is 18.2 Å². The fourth-order valence-electron chi connectivity index (χ4n) is 3.83. The lowest BCUT2D eigenvalue weighted by Crippen LogP contribution is -2.52. The van der Waals surface area contributed by atoms with Gasteiger partial charge in [-0.3, -0.25) is 9.59 Å². The van der Waals surface area contributed by atoms with Gasteiger partial charge in [0.25, 0.3) is 5.91 Å². The van der Waals surface area contributed by atoms with E-state index in [4.69, 9.17) is 4.74 Å². The summed E-state index contributed by atoms with van der Waals surface area (Å²) in [6.45, 7) is 1.72. The van der Waals surface area contributed by atoms with Gasteiger partial charge in [-0.2, -0.15) is 0 Å². The predicted octanol–water partition coefficient (Wildman–Crippen LogP) is 3.64. The molecule has 150 valence electrons. The van der Waals surface area contributed by atoms with E-state index in [9.17, 15) is 18.4 Å². The Morgan fingerprint density at radius 2 is 2.00 bits per heavy atom. The number of amides is 1. The number of fused-ring (bicyclic) bond motifs is 1. The van der Waals surface area contributed by atoms with E-state index in [0.717, 1.165) is 12.1 Å². The predicted molar refractivity (Wildman–Crippen MR) is 105 cm³/mol. The molecular formula is C21H18F2N2O3S. The lowest BCUT2D eigenvalue weighted by Gasteiger charge is -2.46. The van der Waals surface area contributed by atoms with Crippen LogP contribution >= 0.6 is 11.8 Å². The van der Waals surface area contributed by atoms with Crippen molar-refractivity contribution in [2.75, 3.05) is 6.61 Å². The fourth-order valence-corrected chi connectivity index (χ4v) is 5.04. The zero-order valence-electron chi connectivity index (χ0n) is 15.5. The summed E-state index contributed by atoms with van der Waals surface area (Å²) >= 11 is 1.31. The third kappa shape index (κ3) is 3.64. The minimum atomic E-state index is -1.23. The Bertz CT molecular complexity index is 999. The first-order valence-corrected chi connectivity index (χ1v) is 10.0. The van der Waals surface area contributed by atoms with Crippen molar-refractivity contribution in [1.29, 1.82) is 0 Å². The number of hydrogen-bond acceptors (Lipinski definition) is 5. The molecule has 2 aliphatic heterocycles. The zero-order chi connectivity index (χ0) is 20.6. The van der Waals surface area contributed by atoms with Crippen molar-refractivity contribution in [3.63, 3.8) is 0 Å². The maximum Gasteiger partial charge on any atom is 0.306 e. The Labute approximate surface area is 170 Å². The molecule has 4 rings (SSSR count). The summed E-state index contributed by atoms with van der Waals surface area (Å²) in [5, 5.41) is 2.93. The molecule has 0 spiro atoms. The number of carbonyl (C=O) groups is 2. The highest BCUT2D eigenvalue weighted by atomic mass is 32.2. The topological polar surface area (TPSA) is 67.8 Å². The third-order valence-electron chi connectivity index (χ3n) is 5.27. The minimum Gasteiger partial charge on any atom is -0.463 e. The summed E-state index contributed by atoms with van der Waals surface area (Å²) in [5.74, 6) is -2.54. The molecule has 2 heterocycles. The summed E-state index contributed by atoms with van der Waals surface area (Å²) in [6.07, 6.45) is 0.0639. The molecule has 29 heavy (non-hydrogen) atoms. The second-order valence-electron chi connectivity index (χ2n) is 7.08. The van der Waals surface area contributed by atoms with E-state index in [2.05, 4.69) is 10.3 Å². The van der Waals surface area contributed by atoms with Gasteiger partial charge in [0, 0.05) is 28.4 Å². The highest BCUT2D eigenvalue weighted by Gasteiger charge is 2.53. The number of rotatable bonds is 2. The van der Waals surface area contributed by atoms with Crippen LogP contribution in [0.1, 0.15) is 29.3 Å². The van der Waals surface area contributed by atoms with Crippen molar-refractivity contribution in [3.8, 4) is 0 Å². The molecule has 2 aliphatic rings. The van der Waals surface area contributed by atoms with Crippen molar-refractivity contribution in [1.82, 2.24) is 5.32 Å². The van der Waals surface area contributed by atoms with Gasteiger partial charge < -0.3 is 10.1 Å². The summed E-state index contributed by atoms with van der Waals surface area (Å²) in [7, 11) is 0. The van der Waals surface area contributed by atoms with E-state index in [-0.39, 0.29) is 41.6 Å². The van der Waals surface area contributed by atoms with Crippen LogP contribution in [-0.4, -0.2) is 28.9 Å². The first kappa shape index (κ1) is 19.6.